The predicted molar refractivity (Wildman–Crippen MR) is 137 cm³/mol. The summed E-state index contributed by atoms with van der Waals surface area (Å²) in [6.07, 6.45) is 1.35. The summed E-state index contributed by atoms with van der Waals surface area (Å²) in [4.78, 5) is 38.9. The molecule has 0 spiro atoms. The van der Waals surface area contributed by atoms with Crippen molar-refractivity contribution in [2.45, 2.75) is 13.5 Å². The molecule has 35 heavy (non-hydrogen) atoms. The summed E-state index contributed by atoms with van der Waals surface area (Å²) in [6.45, 7) is 1.88. The van der Waals surface area contributed by atoms with Crippen molar-refractivity contribution >= 4 is 76.0 Å². The van der Waals surface area contributed by atoms with Crippen molar-refractivity contribution in [1.82, 2.24) is 5.32 Å². The van der Waals surface area contributed by atoms with Crippen LogP contribution in [0.15, 0.2) is 60.2 Å². The fourth-order valence-electron chi connectivity index (χ4n) is 3.40. The van der Waals surface area contributed by atoms with Gasteiger partial charge in [0.2, 0.25) is 0 Å². The van der Waals surface area contributed by atoms with Gasteiger partial charge in [0.1, 0.15) is 17.9 Å². The Morgan fingerprint density at radius 2 is 1.66 bits per heavy atom. The molecule has 0 aliphatic carbocycles. The van der Waals surface area contributed by atoms with Crippen LogP contribution in [0, 0.1) is 6.92 Å². The lowest BCUT2D eigenvalue weighted by atomic mass is 10.1. The highest BCUT2D eigenvalue weighted by Gasteiger charge is 2.37. The predicted octanol–water partition coefficient (Wildman–Crippen LogP) is 6.85. The van der Waals surface area contributed by atoms with Gasteiger partial charge in [0.25, 0.3) is 11.8 Å². The maximum Gasteiger partial charge on any atom is 0.335 e. The first kappa shape index (κ1) is 25.1. The number of carbonyl (C=O) groups excluding carboxylic acids is 3. The first-order valence-electron chi connectivity index (χ1n) is 10.2. The van der Waals surface area contributed by atoms with Gasteiger partial charge in [-0.1, -0.05) is 64.6 Å². The second kappa shape index (κ2) is 10.3. The molecule has 4 rings (SSSR count). The number of imide groups is 2. The molecule has 0 bridgehead atoms. The molecule has 1 aliphatic rings. The zero-order valence-electron chi connectivity index (χ0n) is 18.1. The van der Waals surface area contributed by atoms with Crippen molar-refractivity contribution in [3.63, 3.8) is 0 Å². The number of amides is 4. The van der Waals surface area contributed by atoms with Crippen molar-refractivity contribution in [3.8, 4) is 5.75 Å². The highest BCUT2D eigenvalue weighted by atomic mass is 35.5. The van der Waals surface area contributed by atoms with Crippen molar-refractivity contribution in [2.24, 2.45) is 0 Å². The summed E-state index contributed by atoms with van der Waals surface area (Å²) in [5, 5.41) is 3.69. The minimum atomic E-state index is -0.855. The van der Waals surface area contributed by atoms with Crippen LogP contribution in [-0.2, 0) is 16.2 Å². The summed E-state index contributed by atoms with van der Waals surface area (Å²) < 4.78 is 5.75. The molecule has 1 N–H and O–H groups in total. The fourth-order valence-corrected chi connectivity index (χ4v) is 4.13. The van der Waals surface area contributed by atoms with E-state index < -0.39 is 17.8 Å². The Hall–Kier alpha value is -3.03. The lowest BCUT2D eigenvalue weighted by Gasteiger charge is -2.27. The average molecular weight is 550 g/mol. The summed E-state index contributed by atoms with van der Waals surface area (Å²) >= 11 is 24.5. The molecule has 0 saturated carbocycles. The van der Waals surface area contributed by atoms with E-state index in [4.69, 9.17) is 51.1 Å². The van der Waals surface area contributed by atoms with Gasteiger partial charge in [-0.15, -0.1) is 0 Å². The molecule has 3 aromatic rings. The standard InChI is InChI=1S/C25H16Cl4N2O4/c1-13-17(26)3-2-4-21(13)31-24(33)16(23(32)30-25(31)34)9-14-6-8-22(20(29)10-14)35-12-15-5-7-18(27)19(28)11-15/h2-11H,12H2,1H3,(H,30,32,34)/b16-9+. The van der Waals surface area contributed by atoms with Crippen molar-refractivity contribution in [2.75, 3.05) is 4.90 Å². The van der Waals surface area contributed by atoms with E-state index in [0.29, 0.717) is 31.9 Å². The number of carbonyl (C=O) groups is 3. The van der Waals surface area contributed by atoms with Gasteiger partial charge in [-0.25, -0.2) is 9.69 Å². The number of urea groups is 1. The second-order valence-corrected chi connectivity index (χ2v) is 9.20. The van der Waals surface area contributed by atoms with Gasteiger partial charge in [0, 0.05) is 5.02 Å². The van der Waals surface area contributed by atoms with E-state index in [1.54, 1.807) is 61.5 Å². The molecule has 1 fully saturated rings. The number of halogens is 4. The Bertz CT molecular complexity index is 1400. The van der Waals surface area contributed by atoms with E-state index >= 15 is 0 Å². The van der Waals surface area contributed by atoms with Crippen molar-refractivity contribution in [3.05, 3.63) is 97.0 Å². The molecule has 10 heteroatoms. The minimum absolute atomic E-state index is 0.202. The van der Waals surface area contributed by atoms with Gasteiger partial charge >= 0.3 is 6.03 Å². The van der Waals surface area contributed by atoms with E-state index in [1.165, 1.54) is 6.08 Å². The fraction of sp³-hybridized carbons (Fsp3) is 0.0800. The summed E-state index contributed by atoms with van der Waals surface area (Å²) in [5.74, 6) is -1.20. The maximum atomic E-state index is 13.1. The zero-order chi connectivity index (χ0) is 25.3. The monoisotopic (exact) mass is 548 g/mol. The van der Waals surface area contributed by atoms with Crippen LogP contribution < -0.4 is 15.0 Å². The second-order valence-electron chi connectivity index (χ2n) is 7.57. The highest BCUT2D eigenvalue weighted by Crippen LogP contribution is 2.31. The third-order valence-corrected chi connectivity index (χ3v) is 6.67. The molecule has 1 aliphatic heterocycles. The Balaban J connectivity index is 1.58. The summed E-state index contributed by atoms with van der Waals surface area (Å²) in [7, 11) is 0. The third kappa shape index (κ3) is 5.31. The number of hydrogen-bond acceptors (Lipinski definition) is 4. The molecular weight excluding hydrogens is 534 g/mol. The number of ether oxygens (including phenoxy) is 1. The molecule has 4 amide bonds. The largest absolute Gasteiger partial charge is 0.487 e. The Morgan fingerprint density at radius 1 is 0.886 bits per heavy atom. The number of hydrogen-bond donors (Lipinski definition) is 1. The Labute approximate surface area is 221 Å². The normalized spacial score (nSPS) is 14.9. The molecule has 1 heterocycles. The first-order valence-corrected chi connectivity index (χ1v) is 11.7. The van der Waals surface area contributed by atoms with E-state index in [0.717, 1.165) is 10.5 Å². The Kier molecular flexibility index (Phi) is 7.38. The van der Waals surface area contributed by atoms with E-state index in [-0.39, 0.29) is 22.9 Å². The molecule has 0 atom stereocenters. The summed E-state index contributed by atoms with van der Waals surface area (Å²) in [5.41, 5.74) is 1.84. The van der Waals surface area contributed by atoms with Gasteiger partial charge in [-0.3, -0.25) is 14.9 Å². The van der Waals surface area contributed by atoms with E-state index in [9.17, 15) is 14.4 Å². The van der Waals surface area contributed by atoms with Gasteiger partial charge < -0.3 is 4.74 Å². The molecule has 6 nitrogen and oxygen atoms in total. The number of benzene rings is 3. The third-order valence-electron chi connectivity index (χ3n) is 5.23. The van der Waals surface area contributed by atoms with Crippen LogP contribution in [0.1, 0.15) is 16.7 Å². The van der Waals surface area contributed by atoms with Crippen LogP contribution in [0.4, 0.5) is 10.5 Å². The molecule has 1 saturated heterocycles. The van der Waals surface area contributed by atoms with Crippen LogP contribution in [-0.4, -0.2) is 17.8 Å². The lowest BCUT2D eigenvalue weighted by Crippen LogP contribution is -2.54. The molecule has 178 valence electrons. The van der Waals surface area contributed by atoms with Gasteiger partial charge in [-0.05, 0) is 66.1 Å². The van der Waals surface area contributed by atoms with Gasteiger partial charge in [0.15, 0.2) is 0 Å². The van der Waals surface area contributed by atoms with E-state index in [1.807, 2.05) is 0 Å². The summed E-state index contributed by atoms with van der Waals surface area (Å²) in [6, 6.07) is 13.9. The van der Waals surface area contributed by atoms with Crippen LogP contribution in [0.5, 0.6) is 5.75 Å². The Morgan fingerprint density at radius 3 is 2.37 bits per heavy atom. The van der Waals surface area contributed by atoms with Crippen LogP contribution in [0.25, 0.3) is 6.08 Å². The molecule has 0 aromatic heterocycles. The van der Waals surface area contributed by atoms with Gasteiger partial charge in [-0.2, -0.15) is 0 Å². The SMILES string of the molecule is Cc1c(Cl)cccc1N1C(=O)NC(=O)/C(=C\c2ccc(OCc3ccc(Cl)c(Cl)c3)c(Cl)c2)C1=O. The van der Waals surface area contributed by atoms with Crippen molar-refractivity contribution in [1.29, 1.82) is 0 Å². The van der Waals surface area contributed by atoms with Crippen LogP contribution >= 0.6 is 46.4 Å². The highest BCUT2D eigenvalue weighted by molar-refractivity contribution is 6.42. The van der Waals surface area contributed by atoms with Crippen LogP contribution in [0.3, 0.4) is 0 Å². The topological polar surface area (TPSA) is 75.7 Å². The first-order chi connectivity index (χ1) is 16.7. The molecular formula is C25H16Cl4N2O4. The number of barbiturate groups is 1. The number of anilines is 1. The van der Waals surface area contributed by atoms with E-state index in [2.05, 4.69) is 5.32 Å². The quantitative estimate of drug-likeness (QED) is 0.279. The zero-order valence-corrected chi connectivity index (χ0v) is 21.1. The molecule has 3 aromatic carbocycles. The smallest absolute Gasteiger partial charge is 0.335 e. The number of rotatable bonds is 5. The van der Waals surface area contributed by atoms with Crippen molar-refractivity contribution < 1.29 is 19.1 Å². The molecule has 0 unspecified atom stereocenters. The molecule has 0 radical (unpaired) electrons. The minimum Gasteiger partial charge on any atom is -0.487 e. The van der Waals surface area contributed by atoms with Crippen LogP contribution in [0.2, 0.25) is 20.1 Å². The maximum absolute atomic E-state index is 13.1. The van der Waals surface area contributed by atoms with Gasteiger partial charge in [0.05, 0.1) is 20.8 Å². The number of nitrogens with zero attached hydrogens (tertiary/aromatic N) is 1. The lowest BCUT2D eigenvalue weighted by molar-refractivity contribution is -0.122. The average Bonchev–Trinajstić information content (AvgIpc) is 2.81. The number of nitrogens with one attached hydrogen (secondary N) is 1.